The minimum atomic E-state index is -0.910. The first kappa shape index (κ1) is 14.9. The minimum Gasteiger partial charge on any atom is -0.477 e. The number of carboxylic acid groups (broad SMARTS) is 1. The summed E-state index contributed by atoms with van der Waals surface area (Å²) in [6.45, 7) is 8.15. The third-order valence-electron chi connectivity index (χ3n) is 2.40. The zero-order valence-electron chi connectivity index (χ0n) is 11.3. The molecule has 1 aromatic rings. The van der Waals surface area contributed by atoms with Crippen LogP contribution in [0.2, 0.25) is 0 Å². The van der Waals surface area contributed by atoms with Gasteiger partial charge in [0.2, 0.25) is 0 Å². The van der Waals surface area contributed by atoms with Gasteiger partial charge in [-0.1, -0.05) is 25.2 Å². The SMILES string of the molecule is COCCN(CC(C)C)c1nc(C)c(C(=O)O)s1. The number of thiazole rings is 1. The van der Waals surface area contributed by atoms with Crippen LogP contribution in [-0.4, -0.2) is 42.9 Å². The first-order valence-corrected chi connectivity index (χ1v) is 6.72. The summed E-state index contributed by atoms with van der Waals surface area (Å²) in [6, 6.07) is 0. The zero-order valence-corrected chi connectivity index (χ0v) is 12.1. The molecule has 5 nitrogen and oxygen atoms in total. The summed E-state index contributed by atoms with van der Waals surface area (Å²) in [7, 11) is 1.66. The van der Waals surface area contributed by atoms with Crippen molar-refractivity contribution < 1.29 is 14.6 Å². The smallest absolute Gasteiger partial charge is 0.347 e. The summed E-state index contributed by atoms with van der Waals surface area (Å²) in [4.78, 5) is 17.8. The number of carbonyl (C=O) groups is 1. The van der Waals surface area contributed by atoms with E-state index in [9.17, 15) is 4.79 Å². The number of aromatic carboxylic acids is 1. The fraction of sp³-hybridized carbons (Fsp3) is 0.667. The number of methoxy groups -OCH3 is 1. The van der Waals surface area contributed by atoms with Crippen molar-refractivity contribution >= 4 is 22.4 Å². The summed E-state index contributed by atoms with van der Waals surface area (Å²) in [6.07, 6.45) is 0. The van der Waals surface area contributed by atoms with Gasteiger partial charge in [-0.15, -0.1) is 0 Å². The van der Waals surface area contributed by atoms with Gasteiger partial charge in [-0.2, -0.15) is 0 Å². The van der Waals surface area contributed by atoms with Gasteiger partial charge < -0.3 is 14.7 Å². The van der Waals surface area contributed by atoms with Gasteiger partial charge in [-0.05, 0) is 12.8 Å². The molecule has 0 aliphatic heterocycles. The normalized spacial score (nSPS) is 10.9. The van der Waals surface area contributed by atoms with Gasteiger partial charge in [0.15, 0.2) is 5.13 Å². The van der Waals surface area contributed by atoms with E-state index in [4.69, 9.17) is 9.84 Å². The Bertz CT molecular complexity index is 404. The summed E-state index contributed by atoms with van der Waals surface area (Å²) in [5.41, 5.74) is 0.577. The average Bonchev–Trinajstić information content (AvgIpc) is 2.66. The van der Waals surface area contributed by atoms with E-state index in [0.29, 0.717) is 23.1 Å². The Balaban J connectivity index is 2.90. The molecule has 1 N–H and O–H groups in total. The lowest BCUT2D eigenvalue weighted by atomic mass is 10.2. The molecule has 0 radical (unpaired) electrons. The number of aryl methyl sites for hydroxylation is 1. The fourth-order valence-corrected chi connectivity index (χ4v) is 2.56. The molecular formula is C12H20N2O3S. The first-order valence-electron chi connectivity index (χ1n) is 5.90. The molecule has 1 aromatic heterocycles. The molecular weight excluding hydrogens is 252 g/mol. The van der Waals surface area contributed by atoms with Crippen molar-refractivity contribution in [3.8, 4) is 0 Å². The van der Waals surface area contributed by atoms with Crippen LogP contribution in [0.15, 0.2) is 0 Å². The Morgan fingerprint density at radius 2 is 2.22 bits per heavy atom. The maximum absolute atomic E-state index is 11.0. The summed E-state index contributed by atoms with van der Waals surface area (Å²) in [5.74, 6) is -0.424. The van der Waals surface area contributed by atoms with Crippen molar-refractivity contribution in [1.29, 1.82) is 0 Å². The minimum absolute atomic E-state index is 0.316. The van der Waals surface area contributed by atoms with E-state index < -0.39 is 5.97 Å². The molecule has 0 unspecified atom stereocenters. The second-order valence-corrected chi connectivity index (χ2v) is 5.53. The Labute approximate surface area is 111 Å². The lowest BCUT2D eigenvalue weighted by Gasteiger charge is -2.23. The number of rotatable bonds is 7. The highest BCUT2D eigenvalue weighted by atomic mass is 32.1. The fourth-order valence-electron chi connectivity index (χ4n) is 1.62. The molecule has 0 spiro atoms. The highest BCUT2D eigenvalue weighted by molar-refractivity contribution is 7.17. The van der Waals surface area contributed by atoms with Crippen molar-refractivity contribution in [2.75, 3.05) is 31.7 Å². The van der Waals surface area contributed by atoms with Gasteiger partial charge in [0.1, 0.15) is 4.88 Å². The number of hydrogen-bond donors (Lipinski definition) is 1. The van der Waals surface area contributed by atoms with Crippen LogP contribution >= 0.6 is 11.3 Å². The second-order valence-electron chi connectivity index (χ2n) is 4.55. The van der Waals surface area contributed by atoms with Crippen LogP contribution in [0.1, 0.15) is 29.2 Å². The Kier molecular flexibility index (Phi) is 5.55. The van der Waals surface area contributed by atoms with E-state index in [1.165, 1.54) is 11.3 Å². The lowest BCUT2D eigenvalue weighted by molar-refractivity contribution is 0.0701. The third kappa shape index (κ3) is 3.96. The number of aromatic nitrogens is 1. The van der Waals surface area contributed by atoms with E-state index in [2.05, 4.69) is 23.7 Å². The molecule has 6 heteroatoms. The van der Waals surface area contributed by atoms with Crippen molar-refractivity contribution in [3.63, 3.8) is 0 Å². The van der Waals surface area contributed by atoms with Gasteiger partial charge in [-0.25, -0.2) is 9.78 Å². The molecule has 0 aliphatic rings. The molecule has 0 saturated carbocycles. The molecule has 1 heterocycles. The molecule has 0 saturated heterocycles. The number of anilines is 1. The van der Waals surface area contributed by atoms with Crippen LogP contribution in [0.5, 0.6) is 0 Å². The maximum atomic E-state index is 11.0. The Morgan fingerprint density at radius 3 is 2.67 bits per heavy atom. The number of ether oxygens (including phenoxy) is 1. The van der Waals surface area contributed by atoms with Crippen molar-refractivity contribution in [1.82, 2.24) is 4.98 Å². The predicted octanol–water partition coefficient (Wildman–Crippen LogP) is 2.26. The number of nitrogens with zero attached hydrogens (tertiary/aromatic N) is 2. The summed E-state index contributed by atoms with van der Waals surface area (Å²) >= 11 is 1.23. The van der Waals surface area contributed by atoms with Crippen LogP contribution in [-0.2, 0) is 4.74 Å². The van der Waals surface area contributed by atoms with E-state index in [1.54, 1.807) is 14.0 Å². The topological polar surface area (TPSA) is 62.7 Å². The highest BCUT2D eigenvalue weighted by Crippen LogP contribution is 2.26. The largest absolute Gasteiger partial charge is 0.477 e. The average molecular weight is 272 g/mol. The molecule has 0 aromatic carbocycles. The van der Waals surface area contributed by atoms with Gasteiger partial charge in [0.05, 0.1) is 12.3 Å². The van der Waals surface area contributed by atoms with Crippen molar-refractivity contribution in [3.05, 3.63) is 10.6 Å². The van der Waals surface area contributed by atoms with Crippen LogP contribution < -0.4 is 4.90 Å². The number of carboxylic acids is 1. The number of hydrogen-bond acceptors (Lipinski definition) is 5. The van der Waals surface area contributed by atoms with Gasteiger partial charge in [-0.3, -0.25) is 0 Å². The standard InChI is InChI=1S/C12H20N2O3S/c1-8(2)7-14(5-6-17-4)12-13-9(3)10(18-12)11(15)16/h8H,5-7H2,1-4H3,(H,15,16). The molecule has 0 aliphatic carbocycles. The van der Waals surface area contributed by atoms with Gasteiger partial charge in [0, 0.05) is 20.2 Å². The molecule has 1 rings (SSSR count). The van der Waals surface area contributed by atoms with E-state index in [0.717, 1.165) is 18.2 Å². The van der Waals surface area contributed by atoms with Crippen LogP contribution in [0.25, 0.3) is 0 Å². The third-order valence-corrected chi connectivity index (χ3v) is 3.61. The lowest BCUT2D eigenvalue weighted by Crippen LogP contribution is -2.30. The predicted molar refractivity (Wildman–Crippen MR) is 72.7 cm³/mol. The molecule has 0 atom stereocenters. The Morgan fingerprint density at radius 1 is 1.56 bits per heavy atom. The second kappa shape index (κ2) is 6.70. The molecule has 18 heavy (non-hydrogen) atoms. The van der Waals surface area contributed by atoms with Gasteiger partial charge >= 0.3 is 5.97 Å². The van der Waals surface area contributed by atoms with Crippen molar-refractivity contribution in [2.24, 2.45) is 5.92 Å². The van der Waals surface area contributed by atoms with E-state index in [1.807, 2.05) is 0 Å². The summed E-state index contributed by atoms with van der Waals surface area (Å²) in [5, 5.41) is 9.81. The van der Waals surface area contributed by atoms with Gasteiger partial charge in [0.25, 0.3) is 0 Å². The maximum Gasteiger partial charge on any atom is 0.347 e. The monoisotopic (exact) mass is 272 g/mol. The zero-order chi connectivity index (χ0) is 13.7. The van der Waals surface area contributed by atoms with E-state index in [-0.39, 0.29) is 0 Å². The molecule has 102 valence electrons. The highest BCUT2D eigenvalue weighted by Gasteiger charge is 2.18. The molecule has 0 fully saturated rings. The van der Waals surface area contributed by atoms with Crippen LogP contribution in [0.4, 0.5) is 5.13 Å². The first-order chi connectivity index (χ1) is 8.45. The van der Waals surface area contributed by atoms with Crippen LogP contribution in [0, 0.1) is 12.8 Å². The van der Waals surface area contributed by atoms with Crippen LogP contribution in [0.3, 0.4) is 0 Å². The Hall–Kier alpha value is -1.14. The van der Waals surface area contributed by atoms with Crippen molar-refractivity contribution in [2.45, 2.75) is 20.8 Å². The molecule has 0 bridgehead atoms. The summed E-state index contributed by atoms with van der Waals surface area (Å²) < 4.78 is 5.08. The quantitative estimate of drug-likeness (QED) is 0.825. The van der Waals surface area contributed by atoms with E-state index >= 15 is 0 Å². The molecule has 0 amide bonds.